The summed E-state index contributed by atoms with van der Waals surface area (Å²) in [5, 5.41) is 0. The highest BCUT2D eigenvalue weighted by atomic mass is 16.3. The summed E-state index contributed by atoms with van der Waals surface area (Å²) in [5.74, 6) is 0.0554. The first-order chi connectivity index (χ1) is 6.75. The van der Waals surface area contributed by atoms with Crippen LogP contribution in [0.3, 0.4) is 0 Å². The van der Waals surface area contributed by atoms with Gasteiger partial charge in [-0.25, -0.2) is 9.97 Å². The summed E-state index contributed by atoms with van der Waals surface area (Å²) in [6.45, 7) is 0. The van der Waals surface area contributed by atoms with E-state index in [1.807, 2.05) is 0 Å². The molecule has 0 aliphatic rings. The van der Waals surface area contributed by atoms with Gasteiger partial charge < -0.3 is 15.1 Å². The molecular weight excluding hydrogens is 186 g/mol. The summed E-state index contributed by atoms with van der Waals surface area (Å²) < 4.78 is 5.17. The molecule has 0 aliphatic heterocycles. The highest BCUT2D eigenvalue weighted by Gasteiger charge is 2.13. The molecular formula is C7H5N5O2. The molecule has 0 radical (unpaired) electrons. The van der Waals surface area contributed by atoms with Gasteiger partial charge in [-0.1, -0.05) is 0 Å². The van der Waals surface area contributed by atoms with Crippen LogP contribution in [0.15, 0.2) is 15.5 Å². The van der Waals surface area contributed by atoms with E-state index in [1.165, 1.54) is 6.33 Å². The van der Waals surface area contributed by atoms with Crippen molar-refractivity contribution in [3.63, 3.8) is 0 Å². The zero-order chi connectivity index (χ0) is 9.71. The Labute approximate surface area is 76.0 Å². The van der Waals surface area contributed by atoms with Crippen LogP contribution in [0.5, 0.6) is 0 Å². The number of aromatic nitrogens is 4. The summed E-state index contributed by atoms with van der Waals surface area (Å²) in [6.07, 6.45) is 1.46. The second-order valence-electron chi connectivity index (χ2n) is 2.81. The lowest BCUT2D eigenvalue weighted by Crippen LogP contribution is -2.09. The fourth-order valence-corrected chi connectivity index (χ4v) is 1.37. The number of rotatable bonds is 0. The van der Waals surface area contributed by atoms with Gasteiger partial charge in [-0.15, -0.1) is 0 Å². The van der Waals surface area contributed by atoms with Crippen molar-refractivity contribution in [1.29, 1.82) is 0 Å². The fraction of sp³-hybridized carbons (Fsp3) is 0. The molecule has 70 valence electrons. The number of anilines is 1. The molecule has 4 N–H and O–H groups in total. The Kier molecular flexibility index (Phi) is 1.09. The molecule has 3 rings (SSSR count). The average Bonchev–Trinajstić information content (AvgIpc) is 2.65. The van der Waals surface area contributed by atoms with E-state index in [0.29, 0.717) is 16.7 Å². The minimum Gasteiger partial charge on any atom is -0.429 e. The Morgan fingerprint density at radius 1 is 1.50 bits per heavy atom. The Balaban J connectivity index is 2.69. The molecule has 0 bridgehead atoms. The number of nitrogens with one attached hydrogen (secondary N) is 2. The molecule has 0 unspecified atom stereocenters. The predicted molar refractivity (Wildman–Crippen MR) is 48.7 cm³/mol. The van der Waals surface area contributed by atoms with Gasteiger partial charge in [-0.2, -0.15) is 0 Å². The number of aromatic amines is 2. The van der Waals surface area contributed by atoms with Crippen LogP contribution in [0.2, 0.25) is 0 Å². The monoisotopic (exact) mass is 191 g/mol. The number of H-pyrrole nitrogens is 2. The SMILES string of the molecule is Nc1nc2c(oc3nc[nH]c32)c(=O)[nH]1. The third-order valence-electron chi connectivity index (χ3n) is 1.94. The quantitative estimate of drug-likeness (QED) is 0.461. The maximum Gasteiger partial charge on any atom is 0.296 e. The van der Waals surface area contributed by atoms with Crippen LogP contribution < -0.4 is 11.3 Å². The second-order valence-corrected chi connectivity index (χ2v) is 2.81. The third-order valence-corrected chi connectivity index (χ3v) is 1.94. The molecule has 0 saturated heterocycles. The van der Waals surface area contributed by atoms with Crippen LogP contribution >= 0.6 is 0 Å². The van der Waals surface area contributed by atoms with E-state index in [2.05, 4.69) is 19.9 Å². The summed E-state index contributed by atoms with van der Waals surface area (Å²) in [4.78, 5) is 24.3. The molecule has 0 atom stereocenters. The van der Waals surface area contributed by atoms with Crippen molar-refractivity contribution >= 4 is 28.3 Å². The maximum absolute atomic E-state index is 11.4. The van der Waals surface area contributed by atoms with Gasteiger partial charge in [0.25, 0.3) is 5.56 Å². The molecule has 0 aromatic carbocycles. The van der Waals surface area contributed by atoms with Crippen molar-refractivity contribution in [2.75, 3.05) is 5.73 Å². The van der Waals surface area contributed by atoms with Crippen molar-refractivity contribution in [3.8, 4) is 0 Å². The molecule has 0 fully saturated rings. The van der Waals surface area contributed by atoms with Gasteiger partial charge in [0.1, 0.15) is 11.0 Å². The number of nitrogens with zero attached hydrogens (tertiary/aromatic N) is 2. The zero-order valence-electron chi connectivity index (χ0n) is 6.87. The Bertz CT molecular complexity index is 676. The first kappa shape index (κ1) is 7.13. The number of fused-ring (bicyclic) bond motifs is 3. The molecule has 3 aromatic heterocycles. The molecule has 7 heteroatoms. The number of nitrogens with two attached hydrogens (primary N) is 1. The molecule has 14 heavy (non-hydrogen) atoms. The number of hydrogen-bond donors (Lipinski definition) is 3. The van der Waals surface area contributed by atoms with E-state index in [-0.39, 0.29) is 11.5 Å². The first-order valence-corrected chi connectivity index (χ1v) is 3.87. The van der Waals surface area contributed by atoms with Crippen molar-refractivity contribution in [2.24, 2.45) is 0 Å². The van der Waals surface area contributed by atoms with E-state index in [1.54, 1.807) is 0 Å². The summed E-state index contributed by atoms with van der Waals surface area (Å²) in [6, 6.07) is 0. The summed E-state index contributed by atoms with van der Waals surface area (Å²) >= 11 is 0. The van der Waals surface area contributed by atoms with Gasteiger partial charge in [-0.05, 0) is 0 Å². The minimum absolute atomic E-state index is 0.0554. The van der Waals surface area contributed by atoms with Crippen LogP contribution in [0.4, 0.5) is 5.95 Å². The fourth-order valence-electron chi connectivity index (χ4n) is 1.37. The number of nitrogen functional groups attached to an aromatic ring is 1. The number of imidazole rings is 1. The normalized spacial score (nSPS) is 11.4. The lowest BCUT2D eigenvalue weighted by Gasteiger charge is -1.90. The Morgan fingerprint density at radius 3 is 3.21 bits per heavy atom. The van der Waals surface area contributed by atoms with Crippen molar-refractivity contribution in [1.82, 2.24) is 19.9 Å². The first-order valence-electron chi connectivity index (χ1n) is 3.87. The Morgan fingerprint density at radius 2 is 2.36 bits per heavy atom. The predicted octanol–water partition coefficient (Wildman–Crippen LogP) is -0.0254. The molecule has 0 spiro atoms. The molecule has 3 aromatic rings. The average molecular weight is 191 g/mol. The second kappa shape index (κ2) is 2.13. The highest BCUT2D eigenvalue weighted by Crippen LogP contribution is 2.21. The summed E-state index contributed by atoms with van der Waals surface area (Å²) in [7, 11) is 0. The van der Waals surface area contributed by atoms with E-state index < -0.39 is 5.56 Å². The van der Waals surface area contributed by atoms with Crippen molar-refractivity contribution in [3.05, 3.63) is 16.7 Å². The summed E-state index contributed by atoms with van der Waals surface area (Å²) in [5.41, 5.74) is 6.46. The lowest BCUT2D eigenvalue weighted by atomic mass is 10.4. The van der Waals surface area contributed by atoms with Crippen LogP contribution in [0, 0.1) is 0 Å². The van der Waals surface area contributed by atoms with E-state index in [9.17, 15) is 4.79 Å². The number of hydrogen-bond acceptors (Lipinski definition) is 5. The van der Waals surface area contributed by atoms with Crippen LogP contribution in [0.25, 0.3) is 22.3 Å². The van der Waals surface area contributed by atoms with Gasteiger partial charge in [0.05, 0.1) is 6.33 Å². The van der Waals surface area contributed by atoms with E-state index in [4.69, 9.17) is 10.2 Å². The zero-order valence-corrected chi connectivity index (χ0v) is 6.87. The molecule has 0 aliphatic carbocycles. The van der Waals surface area contributed by atoms with Gasteiger partial charge in [-0.3, -0.25) is 9.78 Å². The van der Waals surface area contributed by atoms with Gasteiger partial charge in [0.15, 0.2) is 0 Å². The number of furan rings is 1. The van der Waals surface area contributed by atoms with E-state index in [0.717, 1.165) is 0 Å². The topological polar surface area (TPSA) is 114 Å². The van der Waals surface area contributed by atoms with Gasteiger partial charge in [0.2, 0.25) is 17.2 Å². The van der Waals surface area contributed by atoms with Gasteiger partial charge >= 0.3 is 0 Å². The molecule has 7 nitrogen and oxygen atoms in total. The maximum atomic E-state index is 11.4. The lowest BCUT2D eigenvalue weighted by molar-refractivity contribution is 0.649. The smallest absolute Gasteiger partial charge is 0.296 e. The van der Waals surface area contributed by atoms with Crippen LogP contribution in [-0.4, -0.2) is 19.9 Å². The largest absolute Gasteiger partial charge is 0.429 e. The standard InChI is InChI=1S/C7H5N5O2/c8-7-11-2-3-6(10-1-9-3)14-4(2)5(13)12-7/h1H,(H,9,10)(H3,8,11,12,13). The molecule has 3 heterocycles. The van der Waals surface area contributed by atoms with Gasteiger partial charge in [0, 0.05) is 0 Å². The van der Waals surface area contributed by atoms with Crippen LogP contribution in [-0.2, 0) is 0 Å². The highest BCUT2D eigenvalue weighted by molar-refractivity contribution is 5.98. The molecule has 0 saturated carbocycles. The third kappa shape index (κ3) is 0.729. The van der Waals surface area contributed by atoms with Crippen molar-refractivity contribution < 1.29 is 4.42 Å². The van der Waals surface area contributed by atoms with Crippen LogP contribution in [0.1, 0.15) is 0 Å². The Hall–Kier alpha value is -2.31. The molecule has 0 amide bonds. The van der Waals surface area contributed by atoms with Crippen molar-refractivity contribution in [2.45, 2.75) is 0 Å². The van der Waals surface area contributed by atoms with E-state index >= 15 is 0 Å². The minimum atomic E-state index is -0.404.